The lowest BCUT2D eigenvalue weighted by Gasteiger charge is -2.03. The molecule has 0 atom stereocenters. The van der Waals surface area contributed by atoms with Crippen LogP contribution in [0.5, 0.6) is 0 Å². The zero-order valence-corrected chi connectivity index (χ0v) is 8.79. The molecule has 0 bridgehead atoms. The molecule has 0 aliphatic carbocycles. The van der Waals surface area contributed by atoms with Crippen molar-refractivity contribution in [1.82, 2.24) is 14.5 Å². The first-order chi connectivity index (χ1) is 7.66. The van der Waals surface area contributed by atoms with Crippen LogP contribution in [0, 0.1) is 0 Å². The summed E-state index contributed by atoms with van der Waals surface area (Å²) in [5, 5.41) is 8.78. The van der Waals surface area contributed by atoms with Crippen LogP contribution < -0.4 is 0 Å². The highest BCUT2D eigenvalue weighted by molar-refractivity contribution is 5.74. The van der Waals surface area contributed by atoms with Gasteiger partial charge in [-0.15, -0.1) is 0 Å². The lowest BCUT2D eigenvalue weighted by molar-refractivity contribution is -0.136. The van der Waals surface area contributed by atoms with E-state index < -0.39 is 5.97 Å². The molecule has 5 heteroatoms. The maximum Gasteiger partial charge on any atom is 0.307 e. The third-order valence-corrected chi connectivity index (χ3v) is 2.24. The maximum absolute atomic E-state index is 10.7. The minimum absolute atomic E-state index is 0.0644. The van der Waals surface area contributed by atoms with Gasteiger partial charge in [0.2, 0.25) is 0 Å². The number of carboxylic acids is 1. The average molecular weight is 217 g/mol. The second-order valence-corrected chi connectivity index (χ2v) is 3.53. The summed E-state index contributed by atoms with van der Waals surface area (Å²) in [7, 11) is 1.90. The number of hydrogen-bond acceptors (Lipinski definition) is 3. The molecule has 2 aromatic rings. The average Bonchev–Trinajstić information content (AvgIpc) is 2.65. The van der Waals surface area contributed by atoms with Crippen LogP contribution in [-0.2, 0) is 18.3 Å². The summed E-state index contributed by atoms with van der Waals surface area (Å²) in [5.74, 6) is -0.882. The van der Waals surface area contributed by atoms with Crippen molar-refractivity contribution in [3.8, 4) is 11.3 Å². The Bertz CT molecular complexity index is 519. The molecule has 16 heavy (non-hydrogen) atoms. The number of aliphatic carboxylic acids is 1. The molecule has 0 unspecified atom stereocenters. The van der Waals surface area contributed by atoms with Gasteiger partial charge < -0.3 is 9.67 Å². The van der Waals surface area contributed by atoms with Crippen molar-refractivity contribution in [1.29, 1.82) is 0 Å². The van der Waals surface area contributed by atoms with Crippen molar-refractivity contribution in [2.45, 2.75) is 6.42 Å². The summed E-state index contributed by atoms with van der Waals surface area (Å²) < 4.78 is 1.89. The highest BCUT2D eigenvalue weighted by Crippen LogP contribution is 2.20. The smallest absolute Gasteiger partial charge is 0.307 e. The normalized spacial score (nSPS) is 10.3. The van der Waals surface area contributed by atoms with Gasteiger partial charge in [-0.2, -0.15) is 0 Å². The SMILES string of the molecule is Cn1ccc(-c2ncncc2CC(=O)O)c1. The quantitative estimate of drug-likeness (QED) is 0.836. The van der Waals surface area contributed by atoms with Crippen LogP contribution in [0.1, 0.15) is 5.56 Å². The molecule has 0 amide bonds. The number of aromatic nitrogens is 3. The summed E-state index contributed by atoms with van der Waals surface area (Å²) in [6.45, 7) is 0. The van der Waals surface area contributed by atoms with E-state index in [0.717, 1.165) is 5.56 Å². The zero-order valence-electron chi connectivity index (χ0n) is 8.79. The summed E-state index contributed by atoms with van der Waals surface area (Å²) >= 11 is 0. The fraction of sp³-hybridized carbons (Fsp3) is 0.182. The van der Waals surface area contributed by atoms with Crippen molar-refractivity contribution in [3.05, 3.63) is 36.5 Å². The van der Waals surface area contributed by atoms with E-state index >= 15 is 0 Å². The summed E-state index contributed by atoms with van der Waals surface area (Å²) in [5.41, 5.74) is 2.21. The largest absolute Gasteiger partial charge is 0.481 e. The van der Waals surface area contributed by atoms with Gasteiger partial charge in [-0.25, -0.2) is 9.97 Å². The Hall–Kier alpha value is -2.17. The lowest BCUT2D eigenvalue weighted by atomic mass is 10.1. The summed E-state index contributed by atoms with van der Waals surface area (Å²) in [6.07, 6.45) is 6.69. The predicted molar refractivity (Wildman–Crippen MR) is 57.8 cm³/mol. The van der Waals surface area contributed by atoms with Gasteiger partial charge in [0.1, 0.15) is 6.33 Å². The van der Waals surface area contributed by atoms with Crippen molar-refractivity contribution >= 4 is 5.97 Å². The van der Waals surface area contributed by atoms with Crippen LogP contribution in [0.3, 0.4) is 0 Å². The van der Waals surface area contributed by atoms with Gasteiger partial charge in [-0.05, 0) is 6.07 Å². The van der Waals surface area contributed by atoms with Gasteiger partial charge in [-0.3, -0.25) is 4.79 Å². The third kappa shape index (κ3) is 2.08. The van der Waals surface area contributed by atoms with Crippen molar-refractivity contribution in [3.63, 3.8) is 0 Å². The van der Waals surface area contributed by atoms with Gasteiger partial charge in [0, 0.05) is 36.8 Å². The molecule has 0 saturated carbocycles. The molecule has 2 rings (SSSR count). The Morgan fingerprint density at radius 2 is 2.38 bits per heavy atom. The second-order valence-electron chi connectivity index (χ2n) is 3.53. The number of carboxylic acid groups (broad SMARTS) is 1. The summed E-state index contributed by atoms with van der Waals surface area (Å²) in [4.78, 5) is 18.7. The predicted octanol–water partition coefficient (Wildman–Crippen LogP) is 1.11. The van der Waals surface area contributed by atoms with E-state index in [1.807, 2.05) is 30.1 Å². The molecular formula is C11H11N3O2. The van der Waals surface area contributed by atoms with Gasteiger partial charge in [0.25, 0.3) is 0 Å². The fourth-order valence-corrected chi connectivity index (χ4v) is 1.55. The first kappa shape index (κ1) is 10.4. The molecule has 82 valence electrons. The van der Waals surface area contributed by atoms with Gasteiger partial charge in [-0.1, -0.05) is 0 Å². The molecule has 2 aromatic heterocycles. The number of rotatable bonds is 3. The molecule has 0 radical (unpaired) electrons. The minimum atomic E-state index is -0.882. The molecule has 0 saturated heterocycles. The van der Waals surface area contributed by atoms with Gasteiger partial charge in [0.05, 0.1) is 12.1 Å². The Labute approximate surface area is 92.4 Å². The molecule has 1 N–H and O–H groups in total. The molecule has 2 heterocycles. The Morgan fingerprint density at radius 1 is 1.56 bits per heavy atom. The van der Waals surface area contributed by atoms with Crippen molar-refractivity contribution < 1.29 is 9.90 Å². The number of aryl methyl sites for hydroxylation is 1. The van der Waals surface area contributed by atoms with Crippen LogP contribution >= 0.6 is 0 Å². The Morgan fingerprint density at radius 3 is 3.00 bits per heavy atom. The first-order valence-corrected chi connectivity index (χ1v) is 4.80. The number of hydrogen-bond donors (Lipinski definition) is 1. The molecule has 0 aliphatic rings. The van der Waals surface area contributed by atoms with E-state index in [4.69, 9.17) is 5.11 Å². The molecule has 5 nitrogen and oxygen atoms in total. The number of carbonyl (C=O) groups is 1. The zero-order chi connectivity index (χ0) is 11.5. The van der Waals surface area contributed by atoms with E-state index in [9.17, 15) is 4.79 Å². The van der Waals surface area contributed by atoms with E-state index in [0.29, 0.717) is 11.3 Å². The Balaban J connectivity index is 2.43. The highest BCUT2D eigenvalue weighted by atomic mass is 16.4. The molecule has 0 spiro atoms. The fourth-order valence-electron chi connectivity index (χ4n) is 1.55. The van der Waals surface area contributed by atoms with Crippen LogP contribution in [0.2, 0.25) is 0 Å². The topological polar surface area (TPSA) is 68.0 Å². The molecular weight excluding hydrogens is 206 g/mol. The van der Waals surface area contributed by atoms with E-state index in [1.165, 1.54) is 6.33 Å². The van der Waals surface area contributed by atoms with E-state index in [-0.39, 0.29) is 6.42 Å². The van der Waals surface area contributed by atoms with Crippen LogP contribution in [0.25, 0.3) is 11.3 Å². The van der Waals surface area contributed by atoms with E-state index in [1.54, 1.807) is 6.20 Å². The molecule has 0 fully saturated rings. The van der Waals surface area contributed by atoms with Crippen molar-refractivity contribution in [2.24, 2.45) is 7.05 Å². The van der Waals surface area contributed by atoms with E-state index in [2.05, 4.69) is 9.97 Å². The number of nitrogens with zero attached hydrogens (tertiary/aromatic N) is 3. The minimum Gasteiger partial charge on any atom is -0.481 e. The van der Waals surface area contributed by atoms with Crippen LogP contribution in [-0.4, -0.2) is 25.6 Å². The maximum atomic E-state index is 10.7. The Kier molecular flexibility index (Phi) is 2.68. The second kappa shape index (κ2) is 4.14. The monoisotopic (exact) mass is 217 g/mol. The third-order valence-electron chi connectivity index (χ3n) is 2.24. The molecule has 0 aromatic carbocycles. The van der Waals surface area contributed by atoms with Crippen molar-refractivity contribution in [2.75, 3.05) is 0 Å². The van der Waals surface area contributed by atoms with Crippen LogP contribution in [0.15, 0.2) is 31.0 Å². The summed E-state index contributed by atoms with van der Waals surface area (Å²) in [6, 6.07) is 1.90. The van der Waals surface area contributed by atoms with Gasteiger partial charge >= 0.3 is 5.97 Å². The first-order valence-electron chi connectivity index (χ1n) is 4.80. The van der Waals surface area contributed by atoms with Gasteiger partial charge in [0.15, 0.2) is 0 Å². The standard InChI is InChI=1S/C11H11N3O2/c1-14-3-2-8(6-14)11-9(4-10(15)16)5-12-7-13-11/h2-3,5-7H,4H2,1H3,(H,15,16). The highest BCUT2D eigenvalue weighted by Gasteiger charge is 2.10. The van der Waals surface area contributed by atoms with Crippen LogP contribution in [0.4, 0.5) is 0 Å². The lowest BCUT2D eigenvalue weighted by Crippen LogP contribution is -2.03. The molecule has 0 aliphatic heterocycles.